The summed E-state index contributed by atoms with van der Waals surface area (Å²) < 4.78 is 0.667. The van der Waals surface area contributed by atoms with Crippen molar-refractivity contribution in [1.29, 1.82) is 5.26 Å². The zero-order valence-electron chi connectivity index (χ0n) is 14.5. The van der Waals surface area contributed by atoms with Crippen molar-refractivity contribution in [3.63, 3.8) is 0 Å². The lowest BCUT2D eigenvalue weighted by Gasteiger charge is -2.32. The van der Waals surface area contributed by atoms with E-state index in [4.69, 9.17) is 0 Å². The second-order valence-corrected chi connectivity index (χ2v) is 8.31. The Kier molecular flexibility index (Phi) is 5.01. The highest BCUT2D eigenvalue weighted by Crippen LogP contribution is 2.32. The first-order chi connectivity index (χ1) is 12.3. The smallest absolute Gasteiger partial charge is 0.259 e. The first-order valence-corrected chi connectivity index (χ1v) is 9.57. The summed E-state index contributed by atoms with van der Waals surface area (Å²) in [6.07, 6.45) is 1.44. The molecule has 3 rings (SSSR count). The minimum Gasteiger partial charge on any atom is -0.307 e. The third-order valence-electron chi connectivity index (χ3n) is 4.75. The number of hydrogen-bond donors (Lipinski definition) is 0. The van der Waals surface area contributed by atoms with E-state index in [2.05, 4.69) is 31.2 Å². The molecule has 1 aliphatic rings. The van der Waals surface area contributed by atoms with Crippen LogP contribution in [0.15, 0.2) is 34.8 Å². The Morgan fingerprint density at radius 3 is 2.73 bits per heavy atom. The van der Waals surface area contributed by atoms with Crippen molar-refractivity contribution in [2.75, 3.05) is 11.4 Å². The van der Waals surface area contributed by atoms with Gasteiger partial charge in [-0.25, -0.2) is 0 Å². The van der Waals surface area contributed by atoms with Gasteiger partial charge in [0.2, 0.25) is 0 Å². The number of hydrogen-bond acceptors (Lipinski definition) is 3. The van der Waals surface area contributed by atoms with Crippen molar-refractivity contribution in [3.8, 4) is 6.07 Å². The molecule has 0 spiro atoms. The highest BCUT2D eigenvalue weighted by atomic mass is 79.9. The molecule has 1 amide bonds. The summed E-state index contributed by atoms with van der Waals surface area (Å²) in [6, 6.07) is 11.5. The molecule has 132 valence electrons. The maximum Gasteiger partial charge on any atom is 0.259 e. The lowest BCUT2D eigenvalue weighted by molar-refractivity contribution is 0.0982. The van der Waals surface area contributed by atoms with Crippen LogP contribution >= 0.6 is 25.2 Å². The van der Waals surface area contributed by atoms with E-state index in [-0.39, 0.29) is 5.91 Å². The Labute approximate surface area is 163 Å². The van der Waals surface area contributed by atoms with Gasteiger partial charge in [0, 0.05) is 11.0 Å². The van der Waals surface area contributed by atoms with Crippen LogP contribution in [0.2, 0.25) is 0 Å². The van der Waals surface area contributed by atoms with Crippen LogP contribution in [-0.2, 0) is 11.8 Å². The molecule has 1 unspecified atom stereocenters. The fourth-order valence-corrected chi connectivity index (χ4v) is 4.12. The van der Waals surface area contributed by atoms with Gasteiger partial charge in [0.1, 0.15) is 0 Å². The van der Waals surface area contributed by atoms with Crippen LogP contribution in [0.25, 0.3) is 0 Å². The van der Waals surface area contributed by atoms with Crippen molar-refractivity contribution in [2.45, 2.75) is 25.7 Å². The highest BCUT2D eigenvalue weighted by Gasteiger charge is 2.31. The first kappa shape index (κ1) is 18.8. The summed E-state index contributed by atoms with van der Waals surface area (Å²) in [5.41, 5.74) is 2.94. The normalized spacial score (nSPS) is 14.0. The number of fused-ring (bicyclic) bond motifs is 1. The number of rotatable bonds is 3. The van der Waals surface area contributed by atoms with Crippen LogP contribution in [0.5, 0.6) is 0 Å². The van der Waals surface area contributed by atoms with Gasteiger partial charge in [-0.3, -0.25) is 9.59 Å². The number of aldehydes is 1. The average molecular weight is 429 g/mol. The molecule has 0 saturated carbocycles. The maximum atomic E-state index is 13.2. The van der Waals surface area contributed by atoms with Gasteiger partial charge < -0.3 is 4.90 Å². The van der Waals surface area contributed by atoms with E-state index >= 15 is 0 Å². The summed E-state index contributed by atoms with van der Waals surface area (Å²) in [5, 5.41) is 10.2. The second kappa shape index (κ2) is 6.95. The summed E-state index contributed by atoms with van der Waals surface area (Å²) in [4.78, 5) is 26.3. The lowest BCUT2D eigenvalue weighted by atomic mass is 9.83. The average Bonchev–Trinajstić information content (AvgIpc) is 2.61. The number of nitrogens with zero attached hydrogens (tertiary/aromatic N) is 2. The summed E-state index contributed by atoms with van der Waals surface area (Å²) >= 11 is 3.38. The summed E-state index contributed by atoms with van der Waals surface area (Å²) in [5.74, 6) is -0.126. The first-order valence-electron chi connectivity index (χ1n) is 8.20. The van der Waals surface area contributed by atoms with Crippen molar-refractivity contribution >= 4 is 48.4 Å². The number of amides is 1. The number of benzene rings is 2. The minimum absolute atomic E-state index is 0.126. The Bertz CT molecular complexity index is 963. The monoisotopic (exact) mass is 428 g/mol. The van der Waals surface area contributed by atoms with E-state index in [1.165, 1.54) is 0 Å². The topological polar surface area (TPSA) is 61.2 Å². The van der Waals surface area contributed by atoms with E-state index < -0.39 is 5.41 Å². The lowest BCUT2D eigenvalue weighted by Crippen LogP contribution is -2.41. The predicted molar refractivity (Wildman–Crippen MR) is 109 cm³/mol. The van der Waals surface area contributed by atoms with Gasteiger partial charge in [0.25, 0.3) is 5.91 Å². The fourth-order valence-electron chi connectivity index (χ4n) is 3.19. The number of halogens is 1. The van der Waals surface area contributed by atoms with Gasteiger partial charge in [0.15, 0.2) is 6.29 Å². The van der Waals surface area contributed by atoms with Crippen LogP contribution in [0.4, 0.5) is 5.69 Å². The molecule has 1 heterocycles. The molecule has 0 aromatic heterocycles. The molecule has 0 saturated heterocycles. The fraction of sp³-hybridized carbons (Fsp3) is 0.250. The number of nitriles is 1. The summed E-state index contributed by atoms with van der Waals surface area (Å²) in [6.45, 7) is 4.23. The number of carbonyl (C=O) groups excluding carboxylic acids is 2. The molecule has 2 aromatic carbocycles. The van der Waals surface area contributed by atoms with Crippen LogP contribution in [0.3, 0.4) is 0 Å². The molecule has 0 radical (unpaired) electrons. The third-order valence-corrected chi connectivity index (χ3v) is 5.90. The molecule has 26 heavy (non-hydrogen) atoms. The van der Waals surface area contributed by atoms with Gasteiger partial charge in [-0.05, 0) is 70.8 Å². The Morgan fingerprint density at radius 1 is 1.35 bits per heavy atom. The SMILES string of the molecule is CC(C)(C#N)c1cc(P)c2c(c1)CCN(c1cccc(Br)c1C=O)C2=O. The van der Waals surface area contributed by atoms with E-state index in [0.717, 1.165) is 22.7 Å². The van der Waals surface area contributed by atoms with Crippen molar-refractivity contribution in [1.82, 2.24) is 0 Å². The van der Waals surface area contributed by atoms with E-state index in [9.17, 15) is 14.9 Å². The van der Waals surface area contributed by atoms with Crippen LogP contribution < -0.4 is 10.2 Å². The zero-order valence-corrected chi connectivity index (χ0v) is 17.3. The Morgan fingerprint density at radius 2 is 2.08 bits per heavy atom. The minimum atomic E-state index is -0.616. The van der Waals surface area contributed by atoms with Gasteiger partial charge >= 0.3 is 0 Å². The van der Waals surface area contributed by atoms with Gasteiger partial charge in [-0.2, -0.15) is 5.26 Å². The van der Waals surface area contributed by atoms with Crippen molar-refractivity contribution in [3.05, 3.63) is 57.1 Å². The molecule has 0 N–H and O–H groups in total. The zero-order chi connectivity index (χ0) is 19.1. The molecule has 1 atom stereocenters. The maximum absolute atomic E-state index is 13.2. The second-order valence-electron chi connectivity index (χ2n) is 6.83. The Hall–Kier alpha value is -2.02. The van der Waals surface area contributed by atoms with Crippen LogP contribution in [-0.4, -0.2) is 18.7 Å². The largest absolute Gasteiger partial charge is 0.307 e. The number of anilines is 1. The highest BCUT2D eigenvalue weighted by molar-refractivity contribution is 9.10. The van der Waals surface area contributed by atoms with Crippen molar-refractivity contribution in [2.24, 2.45) is 0 Å². The van der Waals surface area contributed by atoms with E-state index in [1.54, 1.807) is 17.0 Å². The van der Waals surface area contributed by atoms with Crippen molar-refractivity contribution < 1.29 is 9.59 Å². The molecule has 2 aromatic rings. The van der Waals surface area contributed by atoms with Crippen LogP contribution in [0, 0.1) is 11.3 Å². The van der Waals surface area contributed by atoms with Gasteiger partial charge in [0.05, 0.1) is 28.3 Å². The quantitative estimate of drug-likeness (QED) is 0.552. The van der Waals surface area contributed by atoms with Gasteiger partial charge in [-0.1, -0.05) is 12.1 Å². The third kappa shape index (κ3) is 3.09. The molecule has 6 heteroatoms. The molecule has 0 fully saturated rings. The molecule has 1 aliphatic heterocycles. The molecule has 4 nitrogen and oxygen atoms in total. The predicted octanol–water partition coefficient (Wildman–Crippen LogP) is 3.77. The Balaban J connectivity index is 2.09. The molecular weight excluding hydrogens is 411 g/mol. The van der Waals surface area contributed by atoms with Gasteiger partial charge in [-0.15, -0.1) is 9.24 Å². The molecule has 0 bridgehead atoms. The molecular formula is C20H18BrN2O2P. The molecule has 0 aliphatic carbocycles. The van der Waals surface area contributed by atoms with Crippen LogP contribution in [0.1, 0.15) is 45.7 Å². The van der Waals surface area contributed by atoms with E-state index in [1.807, 2.05) is 32.0 Å². The van der Waals surface area contributed by atoms with E-state index in [0.29, 0.717) is 34.3 Å². The summed E-state index contributed by atoms with van der Waals surface area (Å²) in [7, 11) is 2.62. The number of carbonyl (C=O) groups is 2. The standard InChI is InChI=1S/C20H18BrN2O2P/c1-20(2,11-22)13-8-12-6-7-23(19(25)18(12)17(26)9-13)16-5-3-4-15(21)14(16)10-24/h3-5,8-10H,6-7,26H2,1-2H3.